The first-order valence-electron chi connectivity index (χ1n) is 6.91. The van der Waals surface area contributed by atoms with Gasteiger partial charge in [-0.2, -0.15) is 8.42 Å². The van der Waals surface area contributed by atoms with E-state index in [1.54, 1.807) is 19.2 Å². The third-order valence-corrected chi connectivity index (χ3v) is 4.27. The molecule has 114 valence electrons. The highest BCUT2D eigenvalue weighted by molar-refractivity contribution is 7.92. The van der Waals surface area contributed by atoms with Gasteiger partial charge in [0.15, 0.2) is 0 Å². The standard InChI is InChI=1S/C15H20N2O3S/c1-3-6-12-7-4-5-8-14(12)17-21(18,19)15-10-9-13(20-15)11-16-2/h4-5,7-10,16-17H,3,6,11H2,1-2H3. The summed E-state index contributed by atoms with van der Waals surface area (Å²) in [6.45, 7) is 2.55. The van der Waals surface area contributed by atoms with Gasteiger partial charge in [0.2, 0.25) is 5.09 Å². The molecule has 0 bridgehead atoms. The molecular weight excluding hydrogens is 288 g/mol. The van der Waals surface area contributed by atoms with E-state index in [1.807, 2.05) is 18.2 Å². The van der Waals surface area contributed by atoms with Crippen molar-refractivity contribution in [1.29, 1.82) is 0 Å². The number of hydrogen-bond donors (Lipinski definition) is 2. The maximum Gasteiger partial charge on any atom is 0.295 e. The van der Waals surface area contributed by atoms with Gasteiger partial charge < -0.3 is 9.73 Å². The van der Waals surface area contributed by atoms with E-state index in [4.69, 9.17) is 4.42 Å². The largest absolute Gasteiger partial charge is 0.446 e. The van der Waals surface area contributed by atoms with Crippen LogP contribution in [0.15, 0.2) is 45.9 Å². The van der Waals surface area contributed by atoms with Gasteiger partial charge >= 0.3 is 0 Å². The van der Waals surface area contributed by atoms with Gasteiger partial charge in [0.05, 0.1) is 12.2 Å². The summed E-state index contributed by atoms with van der Waals surface area (Å²) in [4.78, 5) is 0. The van der Waals surface area contributed by atoms with Crippen LogP contribution in [-0.4, -0.2) is 15.5 Å². The van der Waals surface area contributed by atoms with Gasteiger partial charge in [-0.05, 0) is 37.2 Å². The number of aryl methyl sites for hydroxylation is 1. The van der Waals surface area contributed by atoms with E-state index in [0.29, 0.717) is 18.0 Å². The maximum absolute atomic E-state index is 12.4. The van der Waals surface area contributed by atoms with Crippen LogP contribution >= 0.6 is 0 Å². The van der Waals surface area contributed by atoms with E-state index in [1.165, 1.54) is 6.07 Å². The van der Waals surface area contributed by atoms with Crippen molar-refractivity contribution in [3.05, 3.63) is 47.7 Å². The Morgan fingerprint density at radius 1 is 1.14 bits per heavy atom. The van der Waals surface area contributed by atoms with Crippen molar-refractivity contribution in [3.8, 4) is 0 Å². The molecule has 1 aromatic heterocycles. The highest BCUT2D eigenvalue weighted by Gasteiger charge is 2.19. The minimum Gasteiger partial charge on any atom is -0.446 e. The lowest BCUT2D eigenvalue weighted by Gasteiger charge is -2.10. The molecule has 0 fully saturated rings. The molecule has 1 aromatic carbocycles. The lowest BCUT2D eigenvalue weighted by atomic mass is 10.1. The van der Waals surface area contributed by atoms with Crippen molar-refractivity contribution in [1.82, 2.24) is 5.32 Å². The van der Waals surface area contributed by atoms with Crippen LogP contribution in [0, 0.1) is 0 Å². The predicted octanol–water partition coefficient (Wildman–Crippen LogP) is 2.75. The second-order valence-corrected chi connectivity index (χ2v) is 6.38. The Balaban J connectivity index is 2.24. The minimum absolute atomic E-state index is 0.0703. The lowest BCUT2D eigenvalue weighted by molar-refractivity contribution is 0.408. The Bertz CT molecular complexity index is 692. The summed E-state index contributed by atoms with van der Waals surface area (Å²) in [6, 6.07) is 10.5. The summed E-state index contributed by atoms with van der Waals surface area (Å²) in [6.07, 6.45) is 1.77. The summed E-state index contributed by atoms with van der Waals surface area (Å²) < 4.78 is 32.7. The van der Waals surface area contributed by atoms with Gasteiger partial charge in [-0.15, -0.1) is 0 Å². The third kappa shape index (κ3) is 3.86. The highest BCUT2D eigenvalue weighted by Crippen LogP contribution is 2.22. The molecule has 6 heteroatoms. The Hall–Kier alpha value is -1.79. The molecule has 0 aliphatic heterocycles. The van der Waals surface area contributed by atoms with Crippen LogP contribution in [0.4, 0.5) is 5.69 Å². The van der Waals surface area contributed by atoms with E-state index in [0.717, 1.165) is 18.4 Å². The van der Waals surface area contributed by atoms with Gasteiger partial charge in [0.25, 0.3) is 10.0 Å². The first-order chi connectivity index (χ1) is 10.1. The molecule has 2 rings (SSSR count). The number of nitrogens with one attached hydrogen (secondary N) is 2. The van der Waals surface area contributed by atoms with Crippen molar-refractivity contribution >= 4 is 15.7 Å². The first-order valence-corrected chi connectivity index (χ1v) is 8.39. The van der Waals surface area contributed by atoms with Crippen LogP contribution in [0.3, 0.4) is 0 Å². The molecule has 1 heterocycles. The lowest BCUT2D eigenvalue weighted by Crippen LogP contribution is -2.13. The monoisotopic (exact) mass is 308 g/mol. The molecule has 0 spiro atoms. The fraction of sp³-hybridized carbons (Fsp3) is 0.333. The van der Waals surface area contributed by atoms with Crippen molar-refractivity contribution in [2.75, 3.05) is 11.8 Å². The molecule has 0 atom stereocenters. The average Bonchev–Trinajstić information content (AvgIpc) is 2.91. The third-order valence-electron chi connectivity index (χ3n) is 3.03. The smallest absolute Gasteiger partial charge is 0.295 e. The van der Waals surface area contributed by atoms with Gasteiger partial charge in [-0.1, -0.05) is 31.5 Å². The van der Waals surface area contributed by atoms with E-state index in [-0.39, 0.29) is 5.09 Å². The van der Waals surface area contributed by atoms with Crippen molar-refractivity contribution in [2.24, 2.45) is 0 Å². The second kappa shape index (κ2) is 6.78. The van der Waals surface area contributed by atoms with E-state index >= 15 is 0 Å². The summed E-state index contributed by atoms with van der Waals surface area (Å²) in [5, 5.41) is 2.85. The zero-order chi connectivity index (χ0) is 15.3. The predicted molar refractivity (Wildman–Crippen MR) is 82.7 cm³/mol. The summed E-state index contributed by atoms with van der Waals surface area (Å²) in [5.74, 6) is 0.583. The number of hydrogen-bond acceptors (Lipinski definition) is 4. The molecule has 0 aliphatic carbocycles. The van der Waals surface area contributed by atoms with E-state index < -0.39 is 10.0 Å². The van der Waals surface area contributed by atoms with Crippen molar-refractivity contribution in [2.45, 2.75) is 31.4 Å². The van der Waals surface area contributed by atoms with Gasteiger partial charge in [0.1, 0.15) is 5.76 Å². The number of anilines is 1. The fourth-order valence-electron chi connectivity index (χ4n) is 2.07. The Labute approximate surface area is 125 Å². The topological polar surface area (TPSA) is 71.3 Å². The minimum atomic E-state index is -3.70. The maximum atomic E-state index is 12.4. The summed E-state index contributed by atoms with van der Waals surface area (Å²) in [7, 11) is -1.92. The zero-order valence-corrected chi connectivity index (χ0v) is 13.0. The molecule has 5 nitrogen and oxygen atoms in total. The molecule has 0 saturated heterocycles. The van der Waals surface area contributed by atoms with Crippen LogP contribution < -0.4 is 10.0 Å². The first kappa shape index (κ1) is 15.6. The second-order valence-electron chi connectivity index (χ2n) is 4.76. The SMILES string of the molecule is CCCc1ccccc1NS(=O)(=O)c1ccc(CNC)o1. The molecular formula is C15H20N2O3S. The van der Waals surface area contributed by atoms with Crippen LogP contribution in [-0.2, 0) is 23.0 Å². The fourth-order valence-corrected chi connectivity index (χ4v) is 3.13. The zero-order valence-electron chi connectivity index (χ0n) is 12.2. The molecule has 0 aliphatic rings. The Morgan fingerprint density at radius 3 is 2.62 bits per heavy atom. The normalized spacial score (nSPS) is 11.5. The molecule has 0 unspecified atom stereocenters. The van der Waals surface area contributed by atoms with E-state index in [2.05, 4.69) is 17.0 Å². The average molecular weight is 308 g/mol. The number of para-hydroxylation sites is 1. The van der Waals surface area contributed by atoms with Crippen LogP contribution in [0.5, 0.6) is 0 Å². The molecule has 21 heavy (non-hydrogen) atoms. The van der Waals surface area contributed by atoms with Gasteiger partial charge in [-0.3, -0.25) is 4.72 Å². The Kier molecular flexibility index (Phi) is 5.03. The number of benzene rings is 1. The van der Waals surface area contributed by atoms with Crippen molar-refractivity contribution < 1.29 is 12.8 Å². The van der Waals surface area contributed by atoms with Crippen molar-refractivity contribution in [3.63, 3.8) is 0 Å². The molecule has 2 N–H and O–H groups in total. The van der Waals surface area contributed by atoms with Gasteiger partial charge in [-0.25, -0.2) is 0 Å². The van der Waals surface area contributed by atoms with Crippen LogP contribution in [0.2, 0.25) is 0 Å². The van der Waals surface area contributed by atoms with Crippen LogP contribution in [0.1, 0.15) is 24.7 Å². The van der Waals surface area contributed by atoms with Gasteiger partial charge in [0, 0.05) is 0 Å². The number of rotatable bonds is 7. The molecule has 0 saturated carbocycles. The Morgan fingerprint density at radius 2 is 1.90 bits per heavy atom. The van der Waals surface area contributed by atoms with Crippen LogP contribution in [0.25, 0.3) is 0 Å². The molecule has 0 amide bonds. The molecule has 2 aromatic rings. The summed E-state index contributed by atoms with van der Waals surface area (Å²) in [5.41, 5.74) is 1.58. The number of furan rings is 1. The summed E-state index contributed by atoms with van der Waals surface area (Å²) >= 11 is 0. The molecule has 0 radical (unpaired) electrons. The highest BCUT2D eigenvalue weighted by atomic mass is 32.2. The van der Waals surface area contributed by atoms with E-state index in [9.17, 15) is 8.42 Å². The number of sulfonamides is 1. The quantitative estimate of drug-likeness (QED) is 0.825.